The highest BCUT2D eigenvalue weighted by atomic mass is 79.9. The molecule has 0 bridgehead atoms. The first-order chi connectivity index (χ1) is 14.7. The Morgan fingerprint density at radius 2 is 1.81 bits per heavy atom. The summed E-state index contributed by atoms with van der Waals surface area (Å²) in [7, 11) is -0.844. The first-order valence-corrected chi connectivity index (χ1v) is 12.1. The monoisotopic (exact) mass is 522 g/mol. The lowest BCUT2D eigenvalue weighted by atomic mass is 10.2. The molecule has 0 fully saturated rings. The molecule has 0 saturated heterocycles. The van der Waals surface area contributed by atoms with Crippen molar-refractivity contribution in [1.82, 2.24) is 10.2 Å². The van der Waals surface area contributed by atoms with Gasteiger partial charge in [0.1, 0.15) is 24.1 Å². The summed E-state index contributed by atoms with van der Waals surface area (Å²) in [5.41, 5.74) is 0.260. The molecule has 0 radical (unpaired) electrons. The summed E-state index contributed by atoms with van der Waals surface area (Å²) in [6.45, 7) is 3.59. The fourth-order valence-electron chi connectivity index (χ4n) is 2.41. The lowest BCUT2D eigenvalue weighted by Gasteiger charge is -2.21. The van der Waals surface area contributed by atoms with Crippen LogP contribution in [0.2, 0.25) is 0 Å². The van der Waals surface area contributed by atoms with E-state index in [1.807, 2.05) is 0 Å². The Morgan fingerprint density at radius 3 is 2.39 bits per heavy atom. The second-order valence-corrected chi connectivity index (χ2v) is 9.15. The number of nitrogens with zero attached hydrogens (tertiary/aromatic N) is 1. The Kier molecular flexibility index (Phi) is 11.8. The number of esters is 1. The van der Waals surface area contributed by atoms with Gasteiger partial charge in [0.25, 0.3) is 0 Å². The number of ether oxygens (including phenoxy) is 2. The van der Waals surface area contributed by atoms with Crippen LogP contribution in [0.25, 0.3) is 0 Å². The fraction of sp³-hybridized carbons (Fsp3) is 0.526. The summed E-state index contributed by atoms with van der Waals surface area (Å²) >= 11 is 3.30. The zero-order valence-electron chi connectivity index (χ0n) is 18.0. The van der Waals surface area contributed by atoms with Gasteiger partial charge in [0.15, 0.2) is 0 Å². The van der Waals surface area contributed by atoms with Crippen molar-refractivity contribution in [1.29, 1.82) is 0 Å². The van der Waals surface area contributed by atoms with Crippen molar-refractivity contribution in [3.05, 3.63) is 28.2 Å². The van der Waals surface area contributed by atoms with Crippen LogP contribution in [0.15, 0.2) is 22.7 Å². The molecule has 1 aromatic carbocycles. The van der Waals surface area contributed by atoms with E-state index in [9.17, 15) is 18.9 Å². The van der Waals surface area contributed by atoms with Crippen molar-refractivity contribution < 1.29 is 37.5 Å². The molecule has 0 saturated carbocycles. The van der Waals surface area contributed by atoms with Crippen LogP contribution < -0.4 is 10.1 Å². The van der Waals surface area contributed by atoms with Gasteiger partial charge in [-0.15, -0.1) is 0 Å². The predicted octanol–water partition coefficient (Wildman–Crippen LogP) is 2.46. The number of hydrogen-bond acceptors (Lipinski definition) is 8. The molecule has 0 aliphatic rings. The molecule has 0 aromatic heterocycles. The van der Waals surface area contributed by atoms with Gasteiger partial charge in [-0.3, -0.25) is 14.2 Å². The van der Waals surface area contributed by atoms with Crippen LogP contribution >= 0.6 is 23.5 Å². The minimum absolute atomic E-state index is 0.0910. The molecule has 10 nitrogen and oxygen atoms in total. The van der Waals surface area contributed by atoms with Crippen LogP contribution in [0.4, 0.5) is 0 Å². The number of halogens is 1. The molecule has 12 heteroatoms. The zero-order valence-corrected chi connectivity index (χ0v) is 20.5. The number of benzene rings is 1. The minimum Gasteiger partial charge on any atom is -0.491 e. The van der Waals surface area contributed by atoms with E-state index in [0.717, 1.165) is 9.37 Å². The molecule has 0 atom stereocenters. The Bertz CT molecular complexity index is 810. The van der Waals surface area contributed by atoms with Crippen molar-refractivity contribution >= 4 is 41.3 Å². The van der Waals surface area contributed by atoms with Crippen molar-refractivity contribution in [3.63, 3.8) is 0 Å². The van der Waals surface area contributed by atoms with Crippen LogP contribution in [-0.4, -0.2) is 75.9 Å². The number of carbonyl (C=O) groups excluding carboxylic acids is 3. The van der Waals surface area contributed by atoms with Crippen molar-refractivity contribution in [3.8, 4) is 5.75 Å². The Hall–Kier alpha value is -1.94. The van der Waals surface area contributed by atoms with Crippen molar-refractivity contribution in [2.75, 3.05) is 53.2 Å². The highest BCUT2D eigenvalue weighted by Gasteiger charge is 2.29. The predicted molar refractivity (Wildman–Crippen MR) is 117 cm³/mol. The normalized spacial score (nSPS) is 11.0. The number of likely N-dealkylation sites (N-methyl/N-ethyl adjacent to an activating group) is 1. The van der Waals surface area contributed by atoms with Gasteiger partial charge in [-0.25, -0.2) is 4.79 Å². The highest BCUT2D eigenvalue weighted by molar-refractivity contribution is 9.10. The number of rotatable bonds is 13. The van der Waals surface area contributed by atoms with Crippen LogP contribution in [0.3, 0.4) is 0 Å². The fourth-order valence-corrected chi connectivity index (χ4v) is 4.37. The second-order valence-electron chi connectivity index (χ2n) is 6.18. The van der Waals surface area contributed by atoms with Crippen LogP contribution in [0, 0.1) is 0 Å². The lowest BCUT2D eigenvalue weighted by Crippen LogP contribution is -2.40. The van der Waals surface area contributed by atoms with E-state index in [1.165, 1.54) is 14.2 Å². The van der Waals surface area contributed by atoms with Crippen LogP contribution in [0.5, 0.6) is 5.75 Å². The average Bonchev–Trinajstić information content (AvgIpc) is 2.70. The van der Waals surface area contributed by atoms with E-state index in [-0.39, 0.29) is 38.5 Å². The minimum atomic E-state index is -3.54. The average molecular weight is 523 g/mol. The van der Waals surface area contributed by atoms with E-state index in [1.54, 1.807) is 32.0 Å². The van der Waals surface area contributed by atoms with Crippen LogP contribution in [-0.2, 0) is 27.9 Å². The van der Waals surface area contributed by atoms with E-state index in [0.29, 0.717) is 5.75 Å². The largest absolute Gasteiger partial charge is 0.491 e. The molecule has 1 rings (SSSR count). The van der Waals surface area contributed by atoms with Gasteiger partial charge >= 0.3 is 13.6 Å². The van der Waals surface area contributed by atoms with E-state index < -0.39 is 31.5 Å². The molecule has 31 heavy (non-hydrogen) atoms. The summed E-state index contributed by atoms with van der Waals surface area (Å²) in [5, 5.41) is 2.61. The van der Waals surface area contributed by atoms with Crippen molar-refractivity contribution in [2.24, 2.45) is 0 Å². The summed E-state index contributed by atoms with van der Waals surface area (Å²) < 4.78 is 33.6. The molecule has 0 spiro atoms. The first-order valence-electron chi connectivity index (χ1n) is 9.55. The van der Waals surface area contributed by atoms with Gasteiger partial charge in [-0.1, -0.05) is 15.9 Å². The molecule has 174 valence electrons. The number of carbonyl (C=O) groups is 3. The third-order valence-corrected chi connectivity index (χ3v) is 6.27. The molecule has 0 aliphatic heterocycles. The van der Waals surface area contributed by atoms with Gasteiger partial charge in [-0.2, -0.15) is 0 Å². The maximum atomic E-state index is 12.4. The Labute approximate surface area is 190 Å². The maximum absolute atomic E-state index is 12.4. The van der Waals surface area contributed by atoms with Gasteiger partial charge in [-0.05, 0) is 32.0 Å². The molecule has 1 N–H and O–H groups in total. The molecule has 1 aromatic rings. The molecule has 2 amide bonds. The van der Waals surface area contributed by atoms with Gasteiger partial charge in [0.2, 0.25) is 11.8 Å². The smallest absolute Gasteiger partial charge is 0.341 e. The van der Waals surface area contributed by atoms with Gasteiger partial charge < -0.3 is 28.7 Å². The number of amides is 2. The third-order valence-electron chi connectivity index (χ3n) is 3.82. The second kappa shape index (κ2) is 13.5. The number of nitrogens with one attached hydrogen (secondary N) is 1. The summed E-state index contributed by atoms with van der Waals surface area (Å²) in [4.78, 5) is 37.3. The SMILES string of the molecule is CCOP(=O)(CC(=O)N(C)CC(=O)NCCOc1cc(Br)ccc1C(=O)OC)OCC. The Balaban J connectivity index is 2.50. The number of hydrogen-bond donors (Lipinski definition) is 1. The van der Waals surface area contributed by atoms with E-state index >= 15 is 0 Å². The topological polar surface area (TPSA) is 120 Å². The molecule has 0 heterocycles. The zero-order chi connectivity index (χ0) is 23.4. The quantitative estimate of drug-likeness (QED) is 0.238. The maximum Gasteiger partial charge on any atom is 0.341 e. The summed E-state index contributed by atoms with van der Waals surface area (Å²) in [6.07, 6.45) is -0.444. The molecule has 0 unspecified atom stereocenters. The summed E-state index contributed by atoms with van der Waals surface area (Å²) in [5.74, 6) is -1.19. The highest BCUT2D eigenvalue weighted by Crippen LogP contribution is 2.47. The van der Waals surface area contributed by atoms with E-state index in [2.05, 4.69) is 21.2 Å². The first kappa shape index (κ1) is 27.1. The number of methoxy groups -OCH3 is 1. The standard InChI is InChI=1S/C19H28BrN2O8P/c1-5-29-31(26,30-6-2)13-18(24)22(3)12-17(23)21-9-10-28-16-11-14(20)7-8-15(16)19(25)27-4/h7-8,11H,5-6,9-10,12-13H2,1-4H3,(H,21,23). The molecule has 0 aliphatic carbocycles. The Morgan fingerprint density at radius 1 is 1.16 bits per heavy atom. The van der Waals surface area contributed by atoms with Crippen molar-refractivity contribution in [2.45, 2.75) is 13.8 Å². The van der Waals surface area contributed by atoms with Gasteiger partial charge in [0, 0.05) is 11.5 Å². The van der Waals surface area contributed by atoms with Crippen LogP contribution in [0.1, 0.15) is 24.2 Å². The van der Waals surface area contributed by atoms with Gasteiger partial charge in [0.05, 0.1) is 33.4 Å². The molecular weight excluding hydrogens is 495 g/mol. The third kappa shape index (κ3) is 9.39. The lowest BCUT2D eigenvalue weighted by molar-refractivity contribution is -0.133. The van der Waals surface area contributed by atoms with E-state index in [4.69, 9.17) is 18.5 Å². The molecular formula is C19H28BrN2O8P. The summed E-state index contributed by atoms with van der Waals surface area (Å²) in [6, 6.07) is 4.87.